The van der Waals surface area contributed by atoms with E-state index in [1.54, 1.807) is 7.05 Å². The van der Waals surface area contributed by atoms with Gasteiger partial charge in [0.25, 0.3) is 0 Å². The molecule has 0 spiro atoms. The number of rotatable bonds is 1. The Kier molecular flexibility index (Phi) is 16.2. The van der Waals surface area contributed by atoms with Crippen molar-refractivity contribution in [2.24, 2.45) is 0 Å². The summed E-state index contributed by atoms with van der Waals surface area (Å²) in [5.74, 6) is 0. The molecule has 0 aliphatic rings. The average molecular weight is 239 g/mol. The molecule has 5 heavy (non-hydrogen) atoms. The van der Waals surface area contributed by atoms with Gasteiger partial charge < -0.3 is 5.32 Å². The molecule has 0 amide bonds. The van der Waals surface area contributed by atoms with Gasteiger partial charge in [-0.1, -0.05) is 6.92 Å². The minimum atomic E-state index is 0. The van der Waals surface area contributed by atoms with Gasteiger partial charge in [-0.3, -0.25) is 0 Å². The molecule has 0 aromatic carbocycles. The van der Waals surface area contributed by atoms with Gasteiger partial charge in [0.15, 0.2) is 0 Å². The molecule has 0 N–H and O–H groups in total. The Morgan fingerprint density at radius 3 is 1.80 bits per heavy atom. The first kappa shape index (κ1) is 9.20. The van der Waals surface area contributed by atoms with Gasteiger partial charge in [0.2, 0.25) is 0 Å². The molecule has 0 aromatic rings. The van der Waals surface area contributed by atoms with E-state index in [1.807, 2.05) is 6.92 Å². The molecular weight excluding hydrogens is 231 g/mol. The minimum absolute atomic E-state index is 0. The zero-order chi connectivity index (χ0) is 3.41. The Bertz CT molecular complexity index is 8.85. The predicted molar refractivity (Wildman–Crippen MR) is 19.8 cm³/mol. The number of hydrogen-bond acceptors (Lipinski definition) is 0. The van der Waals surface area contributed by atoms with Gasteiger partial charge in [-0.2, -0.15) is 13.6 Å². The van der Waals surface area contributed by atoms with Crippen LogP contribution >= 0.6 is 0 Å². The molecule has 0 aromatic heterocycles. The van der Waals surface area contributed by atoms with E-state index in [-0.39, 0.29) is 22.4 Å². The first-order chi connectivity index (χ1) is 1.91. The summed E-state index contributed by atoms with van der Waals surface area (Å²) >= 11 is 0. The molecule has 0 aliphatic carbocycles. The minimum Gasteiger partial charge on any atom is -0.665 e. The van der Waals surface area contributed by atoms with Gasteiger partial charge >= 0.3 is 0 Å². The maximum absolute atomic E-state index is 3.74. The van der Waals surface area contributed by atoms with Crippen LogP contribution in [0.4, 0.5) is 0 Å². The van der Waals surface area contributed by atoms with E-state index in [2.05, 4.69) is 5.32 Å². The molecule has 31 valence electrons. The summed E-state index contributed by atoms with van der Waals surface area (Å²) in [6.07, 6.45) is 0. The third-order valence-electron chi connectivity index (χ3n) is 0.316. The Morgan fingerprint density at radius 1 is 1.60 bits per heavy atom. The summed E-state index contributed by atoms with van der Waals surface area (Å²) in [4.78, 5) is 0. The first-order valence-corrected chi connectivity index (χ1v) is 1.47. The van der Waals surface area contributed by atoms with Crippen LogP contribution in [0.3, 0.4) is 0 Å². The van der Waals surface area contributed by atoms with Crippen molar-refractivity contribution in [2.45, 2.75) is 6.92 Å². The molecule has 1 radical (unpaired) electrons. The Labute approximate surface area is 48.7 Å². The molecule has 0 saturated carbocycles. The van der Waals surface area contributed by atoms with E-state index in [0.717, 1.165) is 6.54 Å². The summed E-state index contributed by atoms with van der Waals surface area (Å²) in [5.41, 5.74) is 0. The second kappa shape index (κ2) is 8.83. The third-order valence-corrected chi connectivity index (χ3v) is 0.316. The Morgan fingerprint density at radius 2 is 1.80 bits per heavy atom. The van der Waals surface area contributed by atoms with Gasteiger partial charge in [0, 0.05) is 22.4 Å². The first-order valence-electron chi connectivity index (χ1n) is 1.47. The maximum Gasteiger partial charge on any atom is 0 e. The zero-order valence-electron chi connectivity index (χ0n) is 3.60. The van der Waals surface area contributed by atoms with E-state index < -0.39 is 0 Å². The molecule has 2 heteroatoms. The van der Waals surface area contributed by atoms with Gasteiger partial charge in [-0.25, -0.2) is 0 Å². The van der Waals surface area contributed by atoms with Gasteiger partial charge in [-0.15, -0.1) is 0 Å². The second-order valence-electron chi connectivity index (χ2n) is 0.632. The van der Waals surface area contributed by atoms with Crippen LogP contribution < -0.4 is 0 Å². The predicted octanol–water partition coefficient (Wildman–Crippen LogP) is 1.01. The molecule has 0 atom stereocenters. The monoisotopic (exact) mass is 239 g/mol. The fourth-order valence-electron chi connectivity index (χ4n) is 0. The summed E-state index contributed by atoms with van der Waals surface area (Å²) < 4.78 is 0. The molecule has 0 unspecified atom stereocenters. The standard InChI is InChI=1S/C3H8N.Ta/c1-3-4-2;/h3H2,1-2H3;/q-1;. The van der Waals surface area contributed by atoms with Crippen LogP contribution in [0.5, 0.6) is 0 Å². The SMILES string of the molecule is CC[N-]C.[Ta]. The largest absolute Gasteiger partial charge is 0.665 e. The zero-order valence-corrected chi connectivity index (χ0v) is 6.81. The molecular formula is C3H8NTa-. The van der Waals surface area contributed by atoms with Crippen LogP contribution in [0.25, 0.3) is 5.32 Å². The third kappa shape index (κ3) is 11.9. The molecule has 0 bridgehead atoms. The van der Waals surface area contributed by atoms with Crippen molar-refractivity contribution in [2.75, 3.05) is 13.6 Å². The van der Waals surface area contributed by atoms with Crippen molar-refractivity contribution >= 4 is 0 Å². The normalized spacial score (nSPS) is 6.00. The van der Waals surface area contributed by atoms with E-state index in [1.165, 1.54) is 0 Å². The average Bonchev–Trinajstić information content (AvgIpc) is 1.37. The van der Waals surface area contributed by atoms with Crippen molar-refractivity contribution < 1.29 is 22.4 Å². The molecule has 0 aliphatic heterocycles. The quantitative estimate of drug-likeness (QED) is 0.648. The van der Waals surface area contributed by atoms with Crippen LogP contribution in [0.1, 0.15) is 6.92 Å². The van der Waals surface area contributed by atoms with Crippen LogP contribution in [0.15, 0.2) is 0 Å². The van der Waals surface area contributed by atoms with Gasteiger partial charge in [0.1, 0.15) is 0 Å². The van der Waals surface area contributed by atoms with Crippen LogP contribution in [0, 0.1) is 0 Å². The molecule has 0 saturated heterocycles. The van der Waals surface area contributed by atoms with E-state index in [9.17, 15) is 0 Å². The molecule has 0 heterocycles. The summed E-state index contributed by atoms with van der Waals surface area (Å²) in [6, 6.07) is 0. The van der Waals surface area contributed by atoms with Crippen molar-refractivity contribution in [1.29, 1.82) is 0 Å². The van der Waals surface area contributed by atoms with Crippen molar-refractivity contribution in [3.8, 4) is 0 Å². The fourth-order valence-corrected chi connectivity index (χ4v) is 0. The van der Waals surface area contributed by atoms with E-state index in [4.69, 9.17) is 0 Å². The van der Waals surface area contributed by atoms with Crippen LogP contribution in [-0.2, 0) is 22.4 Å². The molecule has 0 fully saturated rings. The second-order valence-corrected chi connectivity index (χ2v) is 0.632. The summed E-state index contributed by atoms with van der Waals surface area (Å²) in [5, 5.41) is 3.74. The molecule has 1 nitrogen and oxygen atoms in total. The summed E-state index contributed by atoms with van der Waals surface area (Å²) in [7, 11) is 1.81. The van der Waals surface area contributed by atoms with Gasteiger partial charge in [-0.05, 0) is 0 Å². The Hall–Kier alpha value is 0.700. The smallest absolute Gasteiger partial charge is 0 e. The van der Waals surface area contributed by atoms with Gasteiger partial charge in [0.05, 0.1) is 0 Å². The maximum atomic E-state index is 3.74. The van der Waals surface area contributed by atoms with Crippen molar-refractivity contribution in [3.05, 3.63) is 5.32 Å². The van der Waals surface area contributed by atoms with Crippen molar-refractivity contribution in [1.82, 2.24) is 0 Å². The topological polar surface area (TPSA) is 14.1 Å². The van der Waals surface area contributed by atoms with E-state index >= 15 is 0 Å². The summed E-state index contributed by atoms with van der Waals surface area (Å²) in [6.45, 7) is 2.96. The van der Waals surface area contributed by atoms with Crippen LogP contribution in [0.2, 0.25) is 0 Å². The van der Waals surface area contributed by atoms with Crippen LogP contribution in [-0.4, -0.2) is 13.6 Å². The molecule has 0 rings (SSSR count). The van der Waals surface area contributed by atoms with Crippen molar-refractivity contribution in [3.63, 3.8) is 0 Å². The number of hydrogen-bond donors (Lipinski definition) is 0. The number of nitrogens with zero attached hydrogens (tertiary/aromatic N) is 1. The Balaban J connectivity index is 0. The fraction of sp³-hybridized carbons (Fsp3) is 1.00. The van der Waals surface area contributed by atoms with E-state index in [0.29, 0.717) is 0 Å².